The second-order valence-corrected chi connectivity index (χ2v) is 9.94. The summed E-state index contributed by atoms with van der Waals surface area (Å²) in [6.07, 6.45) is -15.0. The molecule has 10 unspecified atom stereocenters. The van der Waals surface area contributed by atoms with E-state index in [1.165, 1.54) is 43.3 Å². The molecular formula is C27H30O14. The normalized spacial score (nSPS) is 34.0. The number of phenolic OH excluding ortho intramolecular Hbond substituents is 2. The van der Waals surface area contributed by atoms with E-state index in [0.717, 1.165) is 6.07 Å². The van der Waals surface area contributed by atoms with Crippen molar-refractivity contribution in [3.63, 3.8) is 0 Å². The Kier molecular flexibility index (Phi) is 8.20. The van der Waals surface area contributed by atoms with Crippen molar-refractivity contribution in [3.8, 4) is 28.6 Å². The van der Waals surface area contributed by atoms with Crippen LogP contribution < -0.4 is 10.2 Å². The van der Waals surface area contributed by atoms with Gasteiger partial charge in [0.15, 0.2) is 11.7 Å². The van der Waals surface area contributed by atoms with Crippen LogP contribution in [0.4, 0.5) is 0 Å². The average Bonchev–Trinajstić information content (AvgIpc) is 2.93. The van der Waals surface area contributed by atoms with Crippen LogP contribution in [-0.2, 0) is 14.2 Å². The molecule has 14 nitrogen and oxygen atoms in total. The molecule has 3 aromatic rings. The first kappa shape index (κ1) is 29.2. The zero-order valence-electron chi connectivity index (χ0n) is 21.5. The van der Waals surface area contributed by atoms with Crippen LogP contribution in [0.15, 0.2) is 51.7 Å². The summed E-state index contributed by atoms with van der Waals surface area (Å²) in [4.78, 5) is 12.7. The van der Waals surface area contributed by atoms with Gasteiger partial charge in [-0.1, -0.05) is 0 Å². The Bertz CT molecular complexity index is 1420. The highest BCUT2D eigenvalue weighted by Gasteiger charge is 2.50. The van der Waals surface area contributed by atoms with E-state index >= 15 is 0 Å². The van der Waals surface area contributed by atoms with Crippen molar-refractivity contribution >= 4 is 11.0 Å². The van der Waals surface area contributed by atoms with E-state index < -0.39 is 79.2 Å². The van der Waals surface area contributed by atoms with E-state index in [4.69, 9.17) is 23.4 Å². The third-order valence-corrected chi connectivity index (χ3v) is 7.10. The number of aliphatic hydroxyl groups is 6. The van der Waals surface area contributed by atoms with E-state index in [9.17, 15) is 45.6 Å². The van der Waals surface area contributed by atoms with Gasteiger partial charge >= 0.3 is 0 Å². The van der Waals surface area contributed by atoms with Crippen LogP contribution in [0.1, 0.15) is 6.92 Å². The van der Waals surface area contributed by atoms with Gasteiger partial charge in [0.1, 0.15) is 76.7 Å². The molecule has 0 spiro atoms. The van der Waals surface area contributed by atoms with Crippen LogP contribution in [0.2, 0.25) is 0 Å². The van der Waals surface area contributed by atoms with Crippen molar-refractivity contribution in [2.45, 2.75) is 68.3 Å². The van der Waals surface area contributed by atoms with Crippen molar-refractivity contribution in [2.75, 3.05) is 6.61 Å². The Morgan fingerprint density at radius 2 is 1.51 bits per heavy atom. The minimum Gasteiger partial charge on any atom is -0.508 e. The summed E-state index contributed by atoms with van der Waals surface area (Å²) in [6, 6.07) is 9.51. The van der Waals surface area contributed by atoms with Gasteiger partial charge in [0, 0.05) is 23.8 Å². The zero-order valence-corrected chi connectivity index (χ0v) is 21.5. The number of phenols is 2. The predicted molar refractivity (Wildman–Crippen MR) is 137 cm³/mol. The molecule has 0 radical (unpaired) electrons. The molecule has 0 bridgehead atoms. The van der Waals surface area contributed by atoms with E-state index in [-0.39, 0.29) is 28.2 Å². The van der Waals surface area contributed by atoms with Gasteiger partial charge in [-0.15, -0.1) is 0 Å². The fourth-order valence-electron chi connectivity index (χ4n) is 4.84. The number of hydrogen-bond donors (Lipinski definition) is 8. The number of benzene rings is 2. The number of aromatic hydroxyl groups is 2. The zero-order chi connectivity index (χ0) is 29.6. The maximum Gasteiger partial charge on any atom is 0.229 e. The molecule has 41 heavy (non-hydrogen) atoms. The van der Waals surface area contributed by atoms with Crippen LogP contribution >= 0.6 is 0 Å². The average molecular weight is 579 g/mol. The maximum atomic E-state index is 12.7. The maximum absolute atomic E-state index is 12.7. The van der Waals surface area contributed by atoms with Gasteiger partial charge in [-0.3, -0.25) is 4.79 Å². The SMILES string of the molecule is CC1OC(Oc2cc(O)c3c(=O)cc(-c4ccc(O)cc4)oc3c2)C(O)C(O)C1OC1OC(CO)C(O)C(O)C1O. The number of hydrogen-bond acceptors (Lipinski definition) is 14. The summed E-state index contributed by atoms with van der Waals surface area (Å²) in [5.74, 6) is -0.359. The lowest BCUT2D eigenvalue weighted by Crippen LogP contribution is -2.64. The Hall–Kier alpha value is -3.31. The summed E-state index contributed by atoms with van der Waals surface area (Å²) in [6.45, 7) is 0.790. The van der Waals surface area contributed by atoms with Gasteiger partial charge in [-0.05, 0) is 31.2 Å². The molecule has 1 aromatic heterocycles. The minimum absolute atomic E-state index is 0.0218. The van der Waals surface area contributed by atoms with Crippen LogP contribution in [0.5, 0.6) is 17.2 Å². The molecule has 5 rings (SSSR count). The van der Waals surface area contributed by atoms with Crippen molar-refractivity contribution in [2.24, 2.45) is 0 Å². The third kappa shape index (κ3) is 5.61. The monoisotopic (exact) mass is 578 g/mol. The van der Waals surface area contributed by atoms with E-state index in [1.807, 2.05) is 0 Å². The molecule has 10 atom stereocenters. The van der Waals surface area contributed by atoms with Crippen molar-refractivity contribution in [1.29, 1.82) is 0 Å². The molecule has 0 saturated carbocycles. The Balaban J connectivity index is 1.34. The summed E-state index contributed by atoms with van der Waals surface area (Å²) < 4.78 is 28.1. The van der Waals surface area contributed by atoms with E-state index in [2.05, 4.69) is 0 Å². The molecular weight excluding hydrogens is 548 g/mol. The second-order valence-electron chi connectivity index (χ2n) is 9.94. The molecule has 2 aliphatic rings. The van der Waals surface area contributed by atoms with Gasteiger partial charge in [0.05, 0.1) is 12.7 Å². The van der Waals surface area contributed by atoms with E-state index in [0.29, 0.717) is 5.56 Å². The van der Waals surface area contributed by atoms with Crippen molar-refractivity contribution < 1.29 is 64.2 Å². The van der Waals surface area contributed by atoms with Gasteiger partial charge in [-0.2, -0.15) is 0 Å². The summed E-state index contributed by atoms with van der Waals surface area (Å²) >= 11 is 0. The molecule has 2 saturated heterocycles. The third-order valence-electron chi connectivity index (χ3n) is 7.10. The molecule has 3 heterocycles. The number of ether oxygens (including phenoxy) is 4. The van der Waals surface area contributed by atoms with Gasteiger partial charge in [-0.25, -0.2) is 0 Å². The van der Waals surface area contributed by atoms with Crippen LogP contribution in [-0.4, -0.2) is 109 Å². The first-order chi connectivity index (χ1) is 19.5. The van der Waals surface area contributed by atoms with Gasteiger partial charge in [0.2, 0.25) is 6.29 Å². The van der Waals surface area contributed by atoms with Gasteiger partial charge in [0.25, 0.3) is 0 Å². The minimum atomic E-state index is -1.74. The lowest BCUT2D eigenvalue weighted by molar-refractivity contribution is -0.348. The van der Waals surface area contributed by atoms with Crippen molar-refractivity contribution in [3.05, 3.63) is 52.7 Å². The second kappa shape index (κ2) is 11.5. The quantitative estimate of drug-likeness (QED) is 0.174. The Labute approximate surface area is 231 Å². The summed E-state index contributed by atoms with van der Waals surface area (Å²) in [5, 5.41) is 81.1. The molecule has 222 valence electrons. The number of aliphatic hydroxyl groups excluding tert-OH is 6. The fourth-order valence-corrected chi connectivity index (χ4v) is 4.84. The fraction of sp³-hybridized carbons (Fsp3) is 0.444. The first-order valence-corrected chi connectivity index (χ1v) is 12.7. The highest BCUT2D eigenvalue weighted by Crippen LogP contribution is 2.34. The predicted octanol–water partition coefficient (Wildman–Crippen LogP) is -1.10. The van der Waals surface area contributed by atoms with Crippen LogP contribution in [0.25, 0.3) is 22.3 Å². The van der Waals surface area contributed by atoms with Crippen molar-refractivity contribution in [1.82, 2.24) is 0 Å². The smallest absolute Gasteiger partial charge is 0.229 e. The molecule has 8 N–H and O–H groups in total. The van der Waals surface area contributed by atoms with Crippen LogP contribution in [0.3, 0.4) is 0 Å². The molecule has 0 aliphatic carbocycles. The highest BCUT2D eigenvalue weighted by molar-refractivity contribution is 5.86. The lowest BCUT2D eigenvalue weighted by Gasteiger charge is -2.45. The largest absolute Gasteiger partial charge is 0.508 e. The summed E-state index contributed by atoms with van der Waals surface area (Å²) in [5.41, 5.74) is -0.0936. The number of fused-ring (bicyclic) bond motifs is 1. The van der Waals surface area contributed by atoms with E-state index in [1.54, 1.807) is 0 Å². The first-order valence-electron chi connectivity index (χ1n) is 12.7. The summed E-state index contributed by atoms with van der Waals surface area (Å²) in [7, 11) is 0. The molecule has 14 heteroatoms. The number of rotatable bonds is 6. The standard InChI is InChI=1S/C27H30O14/c1-10-25(41-27-23(35)21(33)20(32)18(9-28)40-27)22(34)24(36)26(37-10)38-13-6-14(30)19-15(31)8-16(39-17(19)7-13)11-2-4-12(29)5-3-11/h2-8,10,18,20-30,32-36H,9H2,1H3. The highest BCUT2D eigenvalue weighted by atomic mass is 16.7. The Morgan fingerprint density at radius 3 is 2.20 bits per heavy atom. The molecule has 2 aromatic carbocycles. The van der Waals surface area contributed by atoms with Gasteiger partial charge < -0.3 is 64.2 Å². The molecule has 2 aliphatic heterocycles. The molecule has 0 amide bonds. The lowest BCUT2D eigenvalue weighted by atomic mass is 9.97. The molecule has 2 fully saturated rings. The Morgan fingerprint density at radius 1 is 0.829 bits per heavy atom. The topological polar surface area (TPSA) is 229 Å². The van der Waals surface area contributed by atoms with Crippen LogP contribution in [0, 0.1) is 0 Å².